The molecule has 0 aliphatic heterocycles. The van der Waals surface area contributed by atoms with E-state index in [9.17, 15) is 9.90 Å². The Balaban J connectivity index is 1.79. The van der Waals surface area contributed by atoms with E-state index in [0.717, 1.165) is 16.5 Å². The van der Waals surface area contributed by atoms with E-state index in [4.69, 9.17) is 0 Å². The number of aromatic carboxylic acids is 1. The number of aryl methyl sites for hydroxylation is 1. The van der Waals surface area contributed by atoms with Crippen LogP contribution in [0.5, 0.6) is 0 Å². The minimum absolute atomic E-state index is 0.167. The molecule has 0 saturated heterocycles. The summed E-state index contributed by atoms with van der Waals surface area (Å²) in [5.41, 5.74) is 3.29. The number of carbonyl (C=O) groups is 1. The van der Waals surface area contributed by atoms with Crippen LogP contribution in [-0.2, 0) is 0 Å². The Bertz CT molecular complexity index is 1090. The maximum Gasteiger partial charge on any atom is 0.336 e. The fourth-order valence-corrected chi connectivity index (χ4v) is 2.69. The first-order valence-electron chi connectivity index (χ1n) is 7.31. The van der Waals surface area contributed by atoms with E-state index in [1.165, 1.54) is 6.20 Å². The van der Waals surface area contributed by atoms with E-state index < -0.39 is 5.97 Å². The standard InChI is InChI=1S/C17H13N5O2/c1-9-3-2-4-10-7-18-17(21-15(9)10)20-11-5-12(16(23)24)13-8-19-22-14(13)6-11/h2-8H,1H3,(H,19,22)(H,23,24)(H,18,20,21). The zero-order valence-corrected chi connectivity index (χ0v) is 12.7. The molecule has 0 spiro atoms. The predicted octanol–water partition coefficient (Wildman–Crippen LogP) is 3.26. The van der Waals surface area contributed by atoms with Gasteiger partial charge in [0.05, 0.1) is 22.8 Å². The van der Waals surface area contributed by atoms with E-state index >= 15 is 0 Å². The third-order valence-electron chi connectivity index (χ3n) is 3.86. The average molecular weight is 319 g/mol. The van der Waals surface area contributed by atoms with E-state index in [1.807, 2.05) is 25.1 Å². The van der Waals surface area contributed by atoms with Crippen molar-refractivity contribution in [2.24, 2.45) is 0 Å². The van der Waals surface area contributed by atoms with Crippen molar-refractivity contribution in [3.05, 3.63) is 53.9 Å². The molecule has 7 nitrogen and oxygen atoms in total. The fourth-order valence-electron chi connectivity index (χ4n) is 2.69. The van der Waals surface area contributed by atoms with Crippen LogP contribution in [-0.4, -0.2) is 31.2 Å². The van der Waals surface area contributed by atoms with Gasteiger partial charge in [-0.15, -0.1) is 0 Å². The van der Waals surface area contributed by atoms with Crippen LogP contribution in [0.2, 0.25) is 0 Å². The Morgan fingerprint density at radius 1 is 1.25 bits per heavy atom. The topological polar surface area (TPSA) is 104 Å². The quantitative estimate of drug-likeness (QED) is 0.535. The van der Waals surface area contributed by atoms with Gasteiger partial charge in [0.2, 0.25) is 5.95 Å². The van der Waals surface area contributed by atoms with Crippen molar-refractivity contribution in [3.63, 3.8) is 0 Å². The van der Waals surface area contributed by atoms with Crippen LogP contribution in [0.15, 0.2) is 42.7 Å². The molecule has 0 aliphatic carbocycles. The number of anilines is 2. The maximum atomic E-state index is 11.4. The van der Waals surface area contributed by atoms with Crippen LogP contribution in [0.1, 0.15) is 15.9 Å². The van der Waals surface area contributed by atoms with Crippen LogP contribution in [0, 0.1) is 6.92 Å². The second kappa shape index (κ2) is 5.31. The first-order chi connectivity index (χ1) is 11.6. The van der Waals surface area contributed by atoms with Gasteiger partial charge in [-0.1, -0.05) is 18.2 Å². The number of rotatable bonds is 3. The van der Waals surface area contributed by atoms with Crippen molar-refractivity contribution < 1.29 is 9.90 Å². The van der Waals surface area contributed by atoms with Gasteiger partial charge in [-0.05, 0) is 24.6 Å². The molecule has 0 atom stereocenters. The van der Waals surface area contributed by atoms with Crippen molar-refractivity contribution in [1.82, 2.24) is 20.2 Å². The lowest BCUT2D eigenvalue weighted by atomic mass is 10.1. The first kappa shape index (κ1) is 14.1. The molecule has 4 rings (SSSR count). The molecule has 0 unspecified atom stereocenters. The number of carboxylic acid groups (broad SMARTS) is 1. The molecular weight excluding hydrogens is 306 g/mol. The molecule has 0 saturated carbocycles. The Morgan fingerprint density at radius 3 is 2.96 bits per heavy atom. The van der Waals surface area contributed by atoms with E-state index in [0.29, 0.717) is 22.5 Å². The molecule has 7 heteroatoms. The first-order valence-corrected chi connectivity index (χ1v) is 7.31. The molecule has 4 aromatic rings. The molecule has 24 heavy (non-hydrogen) atoms. The maximum absolute atomic E-state index is 11.4. The van der Waals surface area contributed by atoms with Gasteiger partial charge in [0, 0.05) is 22.7 Å². The second-order valence-electron chi connectivity index (χ2n) is 5.49. The van der Waals surface area contributed by atoms with Gasteiger partial charge in [-0.3, -0.25) is 5.10 Å². The summed E-state index contributed by atoms with van der Waals surface area (Å²) in [6, 6.07) is 9.22. The smallest absolute Gasteiger partial charge is 0.336 e. The number of para-hydroxylation sites is 1. The van der Waals surface area contributed by atoms with Gasteiger partial charge in [0.1, 0.15) is 0 Å². The second-order valence-corrected chi connectivity index (χ2v) is 5.49. The predicted molar refractivity (Wildman–Crippen MR) is 90.6 cm³/mol. The van der Waals surface area contributed by atoms with E-state index in [-0.39, 0.29) is 5.56 Å². The third kappa shape index (κ3) is 2.32. The number of nitrogens with zero attached hydrogens (tertiary/aromatic N) is 3. The van der Waals surface area contributed by atoms with Gasteiger partial charge < -0.3 is 10.4 Å². The number of fused-ring (bicyclic) bond motifs is 2. The molecule has 0 bridgehead atoms. The molecule has 2 aromatic carbocycles. The summed E-state index contributed by atoms with van der Waals surface area (Å²) >= 11 is 0. The Labute approximate surface area is 136 Å². The molecule has 0 amide bonds. The Morgan fingerprint density at radius 2 is 2.12 bits per heavy atom. The largest absolute Gasteiger partial charge is 0.478 e. The number of aromatic amines is 1. The number of H-pyrrole nitrogens is 1. The zero-order chi connectivity index (χ0) is 16.7. The molecule has 0 aliphatic rings. The van der Waals surface area contributed by atoms with Crippen LogP contribution in [0.25, 0.3) is 21.8 Å². The normalized spacial score (nSPS) is 11.0. The number of carboxylic acids is 1. The van der Waals surface area contributed by atoms with Gasteiger partial charge >= 0.3 is 5.97 Å². The highest BCUT2D eigenvalue weighted by Crippen LogP contribution is 2.25. The monoisotopic (exact) mass is 319 g/mol. The molecule has 2 aromatic heterocycles. The minimum Gasteiger partial charge on any atom is -0.478 e. The molecular formula is C17H13N5O2. The molecule has 0 radical (unpaired) electrons. The summed E-state index contributed by atoms with van der Waals surface area (Å²) in [6.07, 6.45) is 3.24. The van der Waals surface area contributed by atoms with Crippen molar-refractivity contribution in [2.75, 3.05) is 5.32 Å². The van der Waals surface area contributed by atoms with Crippen molar-refractivity contribution in [2.45, 2.75) is 6.92 Å². The van der Waals surface area contributed by atoms with Crippen molar-refractivity contribution in [1.29, 1.82) is 0 Å². The summed E-state index contributed by atoms with van der Waals surface area (Å²) < 4.78 is 0. The molecule has 118 valence electrons. The lowest BCUT2D eigenvalue weighted by molar-refractivity contribution is 0.0699. The molecule has 0 fully saturated rings. The lowest BCUT2D eigenvalue weighted by Crippen LogP contribution is -2.01. The van der Waals surface area contributed by atoms with Crippen LogP contribution >= 0.6 is 0 Å². The summed E-state index contributed by atoms with van der Waals surface area (Å²) in [6.45, 7) is 1.98. The number of benzene rings is 2. The molecule has 2 heterocycles. The minimum atomic E-state index is -1.01. The Hall–Kier alpha value is -3.48. The highest BCUT2D eigenvalue weighted by Gasteiger charge is 2.13. The van der Waals surface area contributed by atoms with Crippen molar-refractivity contribution in [3.8, 4) is 0 Å². The van der Waals surface area contributed by atoms with Crippen LogP contribution in [0.3, 0.4) is 0 Å². The number of hydrogen-bond acceptors (Lipinski definition) is 5. The summed E-state index contributed by atoms with van der Waals surface area (Å²) in [5, 5.41) is 20.6. The zero-order valence-electron chi connectivity index (χ0n) is 12.7. The lowest BCUT2D eigenvalue weighted by Gasteiger charge is -2.08. The van der Waals surface area contributed by atoms with E-state index in [1.54, 1.807) is 18.3 Å². The average Bonchev–Trinajstić information content (AvgIpc) is 3.03. The van der Waals surface area contributed by atoms with Gasteiger partial charge in [-0.25, -0.2) is 14.8 Å². The highest BCUT2D eigenvalue weighted by molar-refractivity contribution is 6.04. The van der Waals surface area contributed by atoms with Crippen LogP contribution in [0.4, 0.5) is 11.6 Å². The number of hydrogen-bond donors (Lipinski definition) is 3. The molecule has 3 N–H and O–H groups in total. The van der Waals surface area contributed by atoms with Gasteiger partial charge in [0.25, 0.3) is 0 Å². The van der Waals surface area contributed by atoms with Gasteiger partial charge in [-0.2, -0.15) is 5.10 Å². The third-order valence-corrected chi connectivity index (χ3v) is 3.86. The van der Waals surface area contributed by atoms with Crippen LogP contribution < -0.4 is 5.32 Å². The van der Waals surface area contributed by atoms with Crippen molar-refractivity contribution >= 4 is 39.4 Å². The Kier molecular flexibility index (Phi) is 3.13. The SMILES string of the molecule is Cc1cccc2cnc(Nc3cc(C(=O)O)c4cn[nH]c4c3)nc12. The summed E-state index contributed by atoms with van der Waals surface area (Å²) in [7, 11) is 0. The summed E-state index contributed by atoms with van der Waals surface area (Å²) in [4.78, 5) is 20.2. The van der Waals surface area contributed by atoms with Gasteiger partial charge in [0.15, 0.2) is 0 Å². The highest BCUT2D eigenvalue weighted by atomic mass is 16.4. The number of nitrogens with one attached hydrogen (secondary N) is 2. The summed E-state index contributed by atoms with van der Waals surface area (Å²) in [5.74, 6) is -0.604. The fraction of sp³-hybridized carbons (Fsp3) is 0.0588. The number of aromatic nitrogens is 4. The van der Waals surface area contributed by atoms with E-state index in [2.05, 4.69) is 25.5 Å².